The second kappa shape index (κ2) is 12.9. The van der Waals surface area contributed by atoms with Gasteiger partial charge in [0.05, 0.1) is 10.4 Å². The molecule has 0 saturated carbocycles. The molecular weight excluding hydrogens is 687 g/mol. The summed E-state index contributed by atoms with van der Waals surface area (Å²) in [5.41, 5.74) is 12.2. The van der Waals surface area contributed by atoms with Crippen molar-refractivity contribution in [2.75, 3.05) is 4.90 Å². The van der Waals surface area contributed by atoms with Gasteiger partial charge in [-0.1, -0.05) is 146 Å². The molecule has 0 aliphatic carbocycles. The molecule has 3 heteroatoms. The lowest BCUT2D eigenvalue weighted by atomic mass is 9.90. The van der Waals surface area contributed by atoms with Crippen molar-refractivity contribution >= 4 is 81.3 Å². The van der Waals surface area contributed by atoms with Gasteiger partial charge in [-0.2, -0.15) is 0 Å². The molecule has 0 radical (unpaired) electrons. The van der Waals surface area contributed by atoms with Gasteiger partial charge in [-0.25, -0.2) is 0 Å². The number of fused-ring (bicyclic) bond motifs is 7. The van der Waals surface area contributed by atoms with Crippen LogP contribution < -0.4 is 4.90 Å². The molecule has 55 heavy (non-hydrogen) atoms. The van der Waals surface area contributed by atoms with Crippen LogP contribution in [0.15, 0.2) is 205 Å². The first kappa shape index (κ1) is 31.6. The fourth-order valence-corrected chi connectivity index (χ4v) is 9.48. The van der Waals surface area contributed by atoms with Crippen molar-refractivity contribution in [1.29, 1.82) is 0 Å². The number of thiophene rings is 1. The van der Waals surface area contributed by atoms with Crippen LogP contribution in [0.2, 0.25) is 0 Å². The Morgan fingerprint density at radius 3 is 1.91 bits per heavy atom. The molecule has 11 aromatic rings. The zero-order valence-electron chi connectivity index (χ0n) is 29.8. The number of rotatable bonds is 6. The van der Waals surface area contributed by atoms with Gasteiger partial charge in [0, 0.05) is 37.6 Å². The summed E-state index contributed by atoms with van der Waals surface area (Å²) >= 11 is 1.86. The Bertz CT molecular complexity index is 3200. The first-order valence-corrected chi connectivity index (χ1v) is 19.5. The van der Waals surface area contributed by atoms with Crippen molar-refractivity contribution < 1.29 is 4.42 Å². The zero-order chi connectivity index (χ0) is 36.3. The van der Waals surface area contributed by atoms with Gasteiger partial charge in [0.25, 0.3) is 0 Å². The molecule has 258 valence electrons. The molecule has 0 aliphatic heterocycles. The summed E-state index contributed by atoms with van der Waals surface area (Å²) in [4.78, 5) is 2.44. The fraction of sp³-hybridized carbons (Fsp3) is 0. The Labute approximate surface area is 322 Å². The molecule has 0 bridgehead atoms. The maximum Gasteiger partial charge on any atom is 0.136 e. The average molecular weight is 720 g/mol. The van der Waals surface area contributed by atoms with Crippen LogP contribution in [0, 0.1) is 0 Å². The number of nitrogens with zero attached hydrogens (tertiary/aromatic N) is 1. The SMILES string of the molecule is c1ccc(-c2ccc(N(c3ccc(-c4ccc5c(c4)oc4ccccc45)c(-c4cccc5ccccc45)c3)c3cccc4c3sc3ccccc34)cc2)cc1. The molecule has 11 rings (SSSR count). The molecule has 0 aliphatic rings. The van der Waals surface area contributed by atoms with Crippen LogP contribution >= 0.6 is 11.3 Å². The Morgan fingerprint density at radius 1 is 0.364 bits per heavy atom. The molecule has 0 atom stereocenters. The van der Waals surface area contributed by atoms with Crippen LogP contribution in [0.4, 0.5) is 17.1 Å². The summed E-state index contributed by atoms with van der Waals surface area (Å²) in [7, 11) is 0. The van der Waals surface area contributed by atoms with E-state index in [1.54, 1.807) is 0 Å². The molecular formula is C52H33NOS. The lowest BCUT2D eigenvalue weighted by Gasteiger charge is -2.27. The first-order chi connectivity index (χ1) is 27.3. The Kier molecular flexibility index (Phi) is 7.39. The summed E-state index contributed by atoms with van der Waals surface area (Å²) in [6.45, 7) is 0. The molecule has 2 aromatic heterocycles. The van der Waals surface area contributed by atoms with E-state index in [1.165, 1.54) is 53.2 Å². The number of hydrogen-bond donors (Lipinski definition) is 0. The predicted molar refractivity (Wildman–Crippen MR) is 235 cm³/mol. The fourth-order valence-electron chi connectivity index (χ4n) is 8.27. The highest BCUT2D eigenvalue weighted by Gasteiger charge is 2.21. The lowest BCUT2D eigenvalue weighted by molar-refractivity contribution is 0.669. The highest BCUT2D eigenvalue weighted by Crippen LogP contribution is 2.47. The second-order valence-corrected chi connectivity index (χ2v) is 15.1. The monoisotopic (exact) mass is 719 g/mol. The minimum absolute atomic E-state index is 0.892. The molecule has 0 spiro atoms. The van der Waals surface area contributed by atoms with E-state index in [1.807, 2.05) is 23.5 Å². The summed E-state index contributed by atoms with van der Waals surface area (Å²) < 4.78 is 8.96. The molecule has 0 unspecified atom stereocenters. The van der Waals surface area contributed by atoms with Gasteiger partial charge < -0.3 is 9.32 Å². The molecule has 2 heterocycles. The third-order valence-corrected chi connectivity index (χ3v) is 12.1. The van der Waals surface area contributed by atoms with Crippen LogP contribution in [0.1, 0.15) is 0 Å². The van der Waals surface area contributed by atoms with Gasteiger partial charge in [0.15, 0.2) is 0 Å². The largest absolute Gasteiger partial charge is 0.456 e. The Hall–Kier alpha value is -6.94. The molecule has 0 amide bonds. The molecule has 0 saturated heterocycles. The predicted octanol–water partition coefficient (Wildman–Crippen LogP) is 15.6. The highest BCUT2D eigenvalue weighted by atomic mass is 32.1. The standard InChI is InChI=1S/C52H33NOS/c1-2-12-34(13-3-1)35-24-27-38(28-25-35)53(48-21-11-20-46-45-18-7-9-23-51(45)55-52(46)48)39-29-31-41(47(33-39)42-19-10-15-36-14-4-5-16-40(36)42)37-26-30-44-43-17-6-8-22-49(43)54-50(44)32-37/h1-33H. The number of furan rings is 1. The van der Waals surface area contributed by atoms with E-state index in [-0.39, 0.29) is 0 Å². The second-order valence-electron chi connectivity index (χ2n) is 14.1. The molecule has 0 N–H and O–H groups in total. The topological polar surface area (TPSA) is 16.4 Å². The molecule has 2 nitrogen and oxygen atoms in total. The minimum atomic E-state index is 0.892. The normalized spacial score (nSPS) is 11.6. The number of para-hydroxylation sites is 1. The molecule has 0 fully saturated rings. The third kappa shape index (κ3) is 5.32. The van der Waals surface area contributed by atoms with E-state index in [9.17, 15) is 0 Å². The van der Waals surface area contributed by atoms with Gasteiger partial charge in [-0.3, -0.25) is 0 Å². The Morgan fingerprint density at radius 2 is 1.02 bits per heavy atom. The van der Waals surface area contributed by atoms with Crippen molar-refractivity contribution in [1.82, 2.24) is 0 Å². The van der Waals surface area contributed by atoms with E-state index in [4.69, 9.17) is 4.42 Å². The lowest BCUT2D eigenvalue weighted by Crippen LogP contribution is -2.10. The number of benzene rings is 9. The summed E-state index contributed by atoms with van der Waals surface area (Å²) in [5.74, 6) is 0. The summed E-state index contributed by atoms with van der Waals surface area (Å²) in [5, 5.41) is 7.26. The van der Waals surface area contributed by atoms with Crippen LogP contribution in [-0.4, -0.2) is 0 Å². The zero-order valence-corrected chi connectivity index (χ0v) is 30.6. The summed E-state index contributed by atoms with van der Waals surface area (Å²) in [6.07, 6.45) is 0. The van der Waals surface area contributed by atoms with Crippen molar-refractivity contribution in [3.05, 3.63) is 200 Å². The highest BCUT2D eigenvalue weighted by molar-refractivity contribution is 7.26. The van der Waals surface area contributed by atoms with Crippen LogP contribution in [-0.2, 0) is 0 Å². The van der Waals surface area contributed by atoms with Crippen molar-refractivity contribution in [2.24, 2.45) is 0 Å². The number of hydrogen-bond acceptors (Lipinski definition) is 3. The minimum Gasteiger partial charge on any atom is -0.456 e. The van der Waals surface area contributed by atoms with Crippen LogP contribution in [0.3, 0.4) is 0 Å². The third-order valence-electron chi connectivity index (χ3n) is 10.9. The quantitative estimate of drug-likeness (QED) is 0.170. The van der Waals surface area contributed by atoms with Crippen molar-refractivity contribution in [3.8, 4) is 33.4 Å². The Balaban J connectivity index is 1.16. The van der Waals surface area contributed by atoms with Gasteiger partial charge >= 0.3 is 0 Å². The smallest absolute Gasteiger partial charge is 0.136 e. The van der Waals surface area contributed by atoms with Gasteiger partial charge in [0.2, 0.25) is 0 Å². The van der Waals surface area contributed by atoms with Gasteiger partial charge in [-0.15, -0.1) is 11.3 Å². The van der Waals surface area contributed by atoms with Crippen LogP contribution in [0.5, 0.6) is 0 Å². The number of anilines is 3. The van der Waals surface area contributed by atoms with Crippen LogP contribution in [0.25, 0.3) is 86.3 Å². The van der Waals surface area contributed by atoms with Crippen molar-refractivity contribution in [2.45, 2.75) is 0 Å². The maximum absolute atomic E-state index is 6.41. The van der Waals surface area contributed by atoms with E-state index in [2.05, 4.69) is 193 Å². The van der Waals surface area contributed by atoms with E-state index in [0.29, 0.717) is 0 Å². The summed E-state index contributed by atoms with van der Waals surface area (Å²) in [6, 6.07) is 72.3. The van der Waals surface area contributed by atoms with E-state index < -0.39 is 0 Å². The van der Waals surface area contributed by atoms with E-state index in [0.717, 1.165) is 50.1 Å². The van der Waals surface area contributed by atoms with Crippen molar-refractivity contribution in [3.63, 3.8) is 0 Å². The van der Waals surface area contributed by atoms with Gasteiger partial charge in [-0.05, 0) is 98.8 Å². The van der Waals surface area contributed by atoms with Gasteiger partial charge in [0.1, 0.15) is 11.2 Å². The molecule has 9 aromatic carbocycles. The first-order valence-electron chi connectivity index (χ1n) is 18.7. The van der Waals surface area contributed by atoms with E-state index >= 15 is 0 Å². The maximum atomic E-state index is 6.41. The average Bonchev–Trinajstić information content (AvgIpc) is 3.83.